The summed E-state index contributed by atoms with van der Waals surface area (Å²) in [5.41, 5.74) is 2.15. The van der Waals surface area contributed by atoms with Gasteiger partial charge < -0.3 is 5.32 Å². The quantitative estimate of drug-likeness (QED) is 0.742. The van der Waals surface area contributed by atoms with E-state index in [1.54, 1.807) is 11.3 Å². The fraction of sp³-hybridized carbons (Fsp3) is 0.154. The Morgan fingerprint density at radius 2 is 2.28 bits per heavy atom. The molecule has 18 heavy (non-hydrogen) atoms. The van der Waals surface area contributed by atoms with Crippen LogP contribution in [0.1, 0.15) is 17.8 Å². The minimum atomic E-state index is 0.278. The van der Waals surface area contributed by atoms with Gasteiger partial charge in [-0.3, -0.25) is 5.10 Å². The maximum absolute atomic E-state index is 4.03. The van der Waals surface area contributed by atoms with Gasteiger partial charge in [-0.15, -0.1) is 11.3 Å². The molecule has 0 aliphatic carbocycles. The van der Waals surface area contributed by atoms with Crippen LogP contribution in [0.5, 0.6) is 0 Å². The van der Waals surface area contributed by atoms with E-state index >= 15 is 0 Å². The Labute approximate surface area is 117 Å². The standard InChI is InChI=1S/C13H12BrN3S/c1-8(13-11(14)4-5-18-13)16-10-3-2-9-7-15-17-12(9)6-10/h2-8,16H,1H3,(H,15,17). The first-order valence-corrected chi connectivity index (χ1v) is 7.34. The normalized spacial score (nSPS) is 12.8. The largest absolute Gasteiger partial charge is 0.378 e. The molecular formula is C13H12BrN3S. The predicted octanol–water partition coefficient (Wildman–Crippen LogP) is 4.56. The number of aromatic amines is 1. The molecule has 0 saturated heterocycles. The summed E-state index contributed by atoms with van der Waals surface area (Å²) in [7, 11) is 0. The monoisotopic (exact) mass is 321 g/mol. The number of aromatic nitrogens is 2. The molecule has 5 heteroatoms. The van der Waals surface area contributed by atoms with Crippen LogP contribution in [-0.2, 0) is 0 Å². The number of thiophene rings is 1. The molecule has 0 bridgehead atoms. The molecule has 0 spiro atoms. The maximum atomic E-state index is 4.03. The van der Waals surface area contributed by atoms with E-state index < -0.39 is 0 Å². The van der Waals surface area contributed by atoms with E-state index in [2.05, 4.69) is 68.0 Å². The van der Waals surface area contributed by atoms with E-state index in [0.717, 1.165) is 21.1 Å². The minimum Gasteiger partial charge on any atom is -0.378 e. The molecule has 2 aromatic heterocycles. The molecule has 1 atom stereocenters. The second-order valence-electron chi connectivity index (χ2n) is 4.17. The Hall–Kier alpha value is -1.33. The van der Waals surface area contributed by atoms with Crippen LogP contribution in [-0.4, -0.2) is 10.2 Å². The number of nitrogens with one attached hydrogen (secondary N) is 2. The number of benzene rings is 1. The lowest BCUT2D eigenvalue weighted by atomic mass is 10.2. The van der Waals surface area contributed by atoms with E-state index in [9.17, 15) is 0 Å². The van der Waals surface area contributed by atoms with Crippen molar-refractivity contribution in [3.63, 3.8) is 0 Å². The first kappa shape index (κ1) is 11.7. The van der Waals surface area contributed by atoms with Crippen LogP contribution in [0, 0.1) is 0 Å². The van der Waals surface area contributed by atoms with Crippen molar-refractivity contribution in [3.05, 3.63) is 45.2 Å². The average molecular weight is 322 g/mol. The van der Waals surface area contributed by atoms with Gasteiger partial charge in [0.15, 0.2) is 0 Å². The zero-order valence-corrected chi connectivity index (χ0v) is 12.2. The van der Waals surface area contributed by atoms with Crippen LogP contribution in [0.3, 0.4) is 0 Å². The highest BCUT2D eigenvalue weighted by molar-refractivity contribution is 9.10. The Morgan fingerprint density at radius 1 is 1.39 bits per heavy atom. The lowest BCUT2D eigenvalue weighted by Gasteiger charge is -2.14. The van der Waals surface area contributed by atoms with Gasteiger partial charge in [-0.25, -0.2) is 0 Å². The zero-order chi connectivity index (χ0) is 12.5. The number of hydrogen-bond acceptors (Lipinski definition) is 3. The van der Waals surface area contributed by atoms with Crippen molar-refractivity contribution in [2.45, 2.75) is 13.0 Å². The Bertz CT molecular complexity index is 673. The molecule has 92 valence electrons. The summed E-state index contributed by atoms with van der Waals surface area (Å²) in [6, 6.07) is 8.59. The van der Waals surface area contributed by atoms with E-state index in [1.165, 1.54) is 4.88 Å². The smallest absolute Gasteiger partial charge is 0.0670 e. The molecule has 0 aliphatic heterocycles. The van der Waals surface area contributed by atoms with E-state index in [-0.39, 0.29) is 6.04 Å². The van der Waals surface area contributed by atoms with Gasteiger partial charge in [-0.05, 0) is 52.5 Å². The minimum absolute atomic E-state index is 0.278. The Kier molecular flexibility index (Phi) is 3.09. The summed E-state index contributed by atoms with van der Waals surface area (Å²) >= 11 is 5.32. The highest BCUT2D eigenvalue weighted by Gasteiger charge is 2.10. The van der Waals surface area contributed by atoms with Crippen molar-refractivity contribution < 1.29 is 0 Å². The van der Waals surface area contributed by atoms with E-state index in [1.807, 2.05) is 6.20 Å². The first-order chi connectivity index (χ1) is 8.74. The van der Waals surface area contributed by atoms with Gasteiger partial charge in [0, 0.05) is 20.4 Å². The van der Waals surface area contributed by atoms with Crippen LogP contribution >= 0.6 is 27.3 Å². The maximum Gasteiger partial charge on any atom is 0.0670 e. The molecule has 2 heterocycles. The molecule has 1 unspecified atom stereocenters. The topological polar surface area (TPSA) is 40.7 Å². The third kappa shape index (κ3) is 2.15. The zero-order valence-electron chi connectivity index (χ0n) is 9.77. The molecule has 0 amide bonds. The van der Waals surface area contributed by atoms with E-state index in [4.69, 9.17) is 0 Å². The molecule has 0 radical (unpaired) electrons. The second kappa shape index (κ2) is 4.74. The van der Waals surface area contributed by atoms with Crippen molar-refractivity contribution in [2.24, 2.45) is 0 Å². The van der Waals surface area contributed by atoms with E-state index in [0.29, 0.717) is 0 Å². The van der Waals surface area contributed by atoms with Gasteiger partial charge in [-0.1, -0.05) is 0 Å². The van der Waals surface area contributed by atoms with Gasteiger partial charge >= 0.3 is 0 Å². The summed E-state index contributed by atoms with van der Waals surface area (Å²) in [5.74, 6) is 0. The number of halogens is 1. The highest BCUT2D eigenvalue weighted by Crippen LogP contribution is 2.31. The Balaban J connectivity index is 1.85. The van der Waals surface area contributed by atoms with Gasteiger partial charge in [0.1, 0.15) is 0 Å². The lowest BCUT2D eigenvalue weighted by Crippen LogP contribution is -2.05. The van der Waals surface area contributed by atoms with Crippen molar-refractivity contribution in [1.82, 2.24) is 10.2 Å². The predicted molar refractivity (Wildman–Crippen MR) is 80.2 cm³/mol. The van der Waals surface area contributed by atoms with Gasteiger partial charge in [0.05, 0.1) is 17.8 Å². The summed E-state index contributed by atoms with van der Waals surface area (Å²) in [6.07, 6.45) is 1.83. The number of H-pyrrole nitrogens is 1. The number of rotatable bonds is 3. The number of fused-ring (bicyclic) bond motifs is 1. The third-order valence-electron chi connectivity index (χ3n) is 2.86. The fourth-order valence-corrected chi connectivity index (χ4v) is 3.68. The summed E-state index contributed by atoms with van der Waals surface area (Å²) in [6.45, 7) is 2.16. The van der Waals surface area contributed by atoms with Crippen LogP contribution < -0.4 is 5.32 Å². The van der Waals surface area contributed by atoms with Gasteiger partial charge in [-0.2, -0.15) is 5.10 Å². The van der Waals surface area contributed by atoms with Crippen LogP contribution in [0.2, 0.25) is 0 Å². The van der Waals surface area contributed by atoms with Crippen molar-refractivity contribution in [2.75, 3.05) is 5.32 Å². The molecule has 0 saturated carbocycles. The molecule has 1 aromatic carbocycles. The number of nitrogens with zero attached hydrogens (tertiary/aromatic N) is 1. The molecule has 0 aliphatic rings. The molecule has 2 N–H and O–H groups in total. The molecular weight excluding hydrogens is 310 g/mol. The summed E-state index contributed by atoms with van der Waals surface area (Å²) < 4.78 is 1.16. The van der Waals surface area contributed by atoms with Gasteiger partial charge in [0.25, 0.3) is 0 Å². The van der Waals surface area contributed by atoms with Crippen LogP contribution in [0.25, 0.3) is 10.9 Å². The van der Waals surface area contributed by atoms with Crippen LogP contribution in [0.4, 0.5) is 5.69 Å². The molecule has 3 nitrogen and oxygen atoms in total. The van der Waals surface area contributed by atoms with Crippen molar-refractivity contribution in [1.29, 1.82) is 0 Å². The van der Waals surface area contributed by atoms with Crippen molar-refractivity contribution in [3.8, 4) is 0 Å². The lowest BCUT2D eigenvalue weighted by molar-refractivity contribution is 0.903. The first-order valence-electron chi connectivity index (χ1n) is 5.66. The fourth-order valence-electron chi connectivity index (χ4n) is 1.96. The highest BCUT2D eigenvalue weighted by atomic mass is 79.9. The average Bonchev–Trinajstić information content (AvgIpc) is 2.96. The number of anilines is 1. The molecule has 3 rings (SSSR count). The summed E-state index contributed by atoms with van der Waals surface area (Å²) in [5, 5.41) is 13.7. The number of hydrogen-bond donors (Lipinski definition) is 2. The van der Waals surface area contributed by atoms with Gasteiger partial charge in [0.2, 0.25) is 0 Å². The second-order valence-corrected chi connectivity index (χ2v) is 5.97. The van der Waals surface area contributed by atoms with Crippen molar-refractivity contribution >= 4 is 43.9 Å². The summed E-state index contributed by atoms with van der Waals surface area (Å²) in [4.78, 5) is 1.31. The molecule has 3 aromatic rings. The SMILES string of the molecule is CC(Nc1ccc2cn[nH]c2c1)c1sccc1Br. The molecule has 0 fully saturated rings. The Morgan fingerprint density at radius 3 is 3.06 bits per heavy atom. The third-order valence-corrected chi connectivity index (χ3v) is 4.92. The van der Waals surface area contributed by atoms with Crippen LogP contribution in [0.15, 0.2) is 40.3 Å².